The van der Waals surface area contributed by atoms with Crippen LogP contribution in [0.1, 0.15) is 19.8 Å². The Bertz CT molecular complexity index is 1110. The topological polar surface area (TPSA) is 132 Å². The number of esters is 1. The third-order valence-electron chi connectivity index (χ3n) is 5.18. The number of aromatic nitrogens is 2. The van der Waals surface area contributed by atoms with E-state index in [-0.39, 0.29) is 48.0 Å². The van der Waals surface area contributed by atoms with E-state index in [1.807, 2.05) is 0 Å². The molecular formula is C21H23BrF2N6O4. The normalized spacial score (nSPS) is 14.7. The van der Waals surface area contributed by atoms with Crippen molar-refractivity contribution < 1.29 is 27.9 Å². The lowest BCUT2D eigenvalue weighted by atomic mass is 9.92. The minimum atomic E-state index is -0.762. The van der Waals surface area contributed by atoms with Gasteiger partial charge in [0.15, 0.2) is 5.84 Å². The number of amides is 2. The summed E-state index contributed by atoms with van der Waals surface area (Å²) in [5.74, 6) is -2.66. The van der Waals surface area contributed by atoms with Crippen molar-refractivity contribution in [2.24, 2.45) is 16.6 Å². The molecule has 2 amide bonds. The van der Waals surface area contributed by atoms with E-state index in [2.05, 4.69) is 31.3 Å². The summed E-state index contributed by atoms with van der Waals surface area (Å²) in [6, 6.07) is 3.51. The average Bonchev–Trinajstić information content (AvgIpc) is 3.14. The fraction of sp³-hybridized carbons (Fsp3) is 0.381. The third-order valence-corrected chi connectivity index (χ3v) is 5.79. The fourth-order valence-electron chi connectivity index (χ4n) is 3.38. The first kappa shape index (κ1) is 25.3. The minimum Gasteiger partial charge on any atom is -0.464 e. The summed E-state index contributed by atoms with van der Waals surface area (Å²) in [6.07, 6.45) is 1.89. The van der Waals surface area contributed by atoms with Crippen LogP contribution in [0, 0.1) is 17.7 Å². The second-order valence-electron chi connectivity index (χ2n) is 7.56. The van der Waals surface area contributed by atoms with Gasteiger partial charge in [-0.2, -0.15) is 9.49 Å². The number of urea groups is 1. The number of carbonyl (C=O) groups excluding carboxylic acids is 3. The SMILES string of the molecule is CC(=O)OCCn1ncc(NC(=O)N2CCC(C(=O)C(N)=Nc3ccc(F)c(Br)c3)CC2)c1F. The number of benzene rings is 1. The second-order valence-corrected chi connectivity index (χ2v) is 8.42. The molecule has 0 unspecified atom stereocenters. The number of anilines is 1. The predicted octanol–water partition coefficient (Wildman–Crippen LogP) is 2.99. The molecule has 0 bridgehead atoms. The van der Waals surface area contributed by atoms with E-state index >= 15 is 0 Å². The first-order chi connectivity index (χ1) is 16.2. The monoisotopic (exact) mass is 540 g/mol. The van der Waals surface area contributed by atoms with Crippen LogP contribution < -0.4 is 11.1 Å². The summed E-state index contributed by atoms with van der Waals surface area (Å²) in [6.45, 7) is 1.73. The molecule has 0 saturated carbocycles. The highest BCUT2D eigenvalue weighted by molar-refractivity contribution is 9.10. The Kier molecular flexibility index (Phi) is 8.31. The molecule has 1 aliphatic heterocycles. The first-order valence-electron chi connectivity index (χ1n) is 10.4. The van der Waals surface area contributed by atoms with E-state index in [4.69, 9.17) is 10.5 Å². The van der Waals surface area contributed by atoms with Crippen LogP contribution in [0.25, 0.3) is 0 Å². The number of halogens is 3. The molecular weight excluding hydrogens is 518 g/mol. The zero-order valence-electron chi connectivity index (χ0n) is 18.3. The molecule has 1 aliphatic rings. The second kappa shape index (κ2) is 11.2. The van der Waals surface area contributed by atoms with Crippen LogP contribution in [-0.2, 0) is 20.9 Å². The summed E-state index contributed by atoms with van der Waals surface area (Å²) < 4.78 is 33.7. The molecule has 10 nitrogen and oxygen atoms in total. The maximum atomic E-state index is 14.4. The minimum absolute atomic E-state index is 0.00659. The van der Waals surface area contributed by atoms with Crippen LogP contribution in [0.2, 0.25) is 0 Å². The highest BCUT2D eigenvalue weighted by atomic mass is 79.9. The number of carbonyl (C=O) groups is 3. The Morgan fingerprint density at radius 3 is 2.65 bits per heavy atom. The number of Topliss-reactive ketones (excluding diaryl/α,β-unsaturated/α-hetero) is 1. The Morgan fingerprint density at radius 1 is 1.29 bits per heavy atom. The van der Waals surface area contributed by atoms with Gasteiger partial charge in [-0.15, -0.1) is 0 Å². The van der Waals surface area contributed by atoms with Crippen molar-refractivity contribution in [1.29, 1.82) is 0 Å². The Hall–Kier alpha value is -3.35. The van der Waals surface area contributed by atoms with Crippen molar-refractivity contribution in [3.05, 3.63) is 40.6 Å². The third kappa shape index (κ3) is 6.37. The molecule has 34 heavy (non-hydrogen) atoms. The summed E-state index contributed by atoms with van der Waals surface area (Å²) in [5.41, 5.74) is 6.09. The van der Waals surface area contributed by atoms with Gasteiger partial charge in [-0.25, -0.2) is 18.9 Å². The van der Waals surface area contributed by atoms with Gasteiger partial charge in [-0.1, -0.05) is 0 Å². The maximum absolute atomic E-state index is 14.4. The lowest BCUT2D eigenvalue weighted by Gasteiger charge is -2.31. The standard InChI is InChI=1S/C21H23BrF2N6O4/c1-12(31)34-9-8-30-19(24)17(11-26-30)28-21(33)29-6-4-13(5-7-29)18(32)20(25)27-14-2-3-16(23)15(22)10-14/h2-3,10-11,13H,4-9H2,1H3,(H2,25,27)(H,28,33). The number of ether oxygens (including phenoxy) is 1. The van der Waals surface area contributed by atoms with Crippen LogP contribution in [0.15, 0.2) is 33.9 Å². The van der Waals surface area contributed by atoms with Crippen molar-refractivity contribution in [1.82, 2.24) is 14.7 Å². The van der Waals surface area contributed by atoms with Gasteiger partial charge < -0.3 is 20.7 Å². The van der Waals surface area contributed by atoms with Gasteiger partial charge in [0.05, 0.1) is 22.9 Å². The number of nitrogens with zero attached hydrogens (tertiary/aromatic N) is 4. The van der Waals surface area contributed by atoms with E-state index in [1.54, 1.807) is 0 Å². The molecule has 13 heteroatoms. The van der Waals surface area contributed by atoms with E-state index in [9.17, 15) is 23.2 Å². The van der Waals surface area contributed by atoms with Gasteiger partial charge >= 0.3 is 12.0 Å². The molecule has 0 radical (unpaired) electrons. The molecule has 0 spiro atoms. The van der Waals surface area contributed by atoms with Gasteiger partial charge in [0.2, 0.25) is 11.7 Å². The highest BCUT2D eigenvalue weighted by Crippen LogP contribution is 2.24. The molecule has 0 atom stereocenters. The highest BCUT2D eigenvalue weighted by Gasteiger charge is 2.29. The summed E-state index contributed by atoms with van der Waals surface area (Å²) in [4.78, 5) is 41.5. The number of hydrogen-bond acceptors (Lipinski definition) is 6. The summed E-state index contributed by atoms with van der Waals surface area (Å²) in [7, 11) is 0. The summed E-state index contributed by atoms with van der Waals surface area (Å²) >= 11 is 3.06. The van der Waals surface area contributed by atoms with Crippen LogP contribution in [0.3, 0.4) is 0 Å². The largest absolute Gasteiger partial charge is 0.464 e. The van der Waals surface area contributed by atoms with E-state index in [0.717, 1.165) is 4.68 Å². The zero-order valence-corrected chi connectivity index (χ0v) is 19.8. The molecule has 182 valence electrons. The molecule has 2 heterocycles. The molecule has 1 aromatic carbocycles. The van der Waals surface area contributed by atoms with Gasteiger partial charge in [0, 0.05) is 25.9 Å². The quantitative estimate of drug-likeness (QED) is 0.315. The van der Waals surface area contributed by atoms with Crippen molar-refractivity contribution in [3.63, 3.8) is 0 Å². The van der Waals surface area contributed by atoms with Crippen LogP contribution in [0.4, 0.5) is 25.0 Å². The van der Waals surface area contributed by atoms with E-state index in [0.29, 0.717) is 18.5 Å². The van der Waals surface area contributed by atoms with Gasteiger partial charge in [0.1, 0.15) is 18.1 Å². The lowest BCUT2D eigenvalue weighted by Crippen LogP contribution is -2.44. The predicted molar refractivity (Wildman–Crippen MR) is 123 cm³/mol. The molecule has 1 saturated heterocycles. The number of aliphatic imine (C=N–C) groups is 1. The maximum Gasteiger partial charge on any atom is 0.322 e. The van der Waals surface area contributed by atoms with Crippen LogP contribution >= 0.6 is 15.9 Å². The lowest BCUT2D eigenvalue weighted by molar-refractivity contribution is -0.141. The molecule has 0 aliphatic carbocycles. The number of hydrogen-bond donors (Lipinski definition) is 2. The van der Waals surface area contributed by atoms with Crippen molar-refractivity contribution >= 4 is 50.9 Å². The average molecular weight is 541 g/mol. The van der Waals surface area contributed by atoms with Gasteiger partial charge in [-0.3, -0.25) is 9.59 Å². The molecule has 1 fully saturated rings. The smallest absolute Gasteiger partial charge is 0.322 e. The number of piperidine rings is 1. The molecule has 2 aromatic rings. The molecule has 1 aromatic heterocycles. The number of nitrogens with one attached hydrogen (secondary N) is 1. The summed E-state index contributed by atoms with van der Waals surface area (Å²) in [5, 5.41) is 6.29. The number of nitrogens with two attached hydrogens (primary N) is 1. The number of likely N-dealkylation sites (tertiary alicyclic amines) is 1. The number of amidine groups is 1. The van der Waals surface area contributed by atoms with Crippen LogP contribution in [-0.4, -0.2) is 58.0 Å². The number of rotatable bonds is 7. The van der Waals surface area contributed by atoms with E-state index < -0.39 is 29.7 Å². The van der Waals surface area contributed by atoms with E-state index in [1.165, 1.54) is 36.2 Å². The Balaban J connectivity index is 1.52. The number of ketones is 1. The zero-order chi connectivity index (χ0) is 24.8. The Morgan fingerprint density at radius 2 is 2.00 bits per heavy atom. The molecule has 3 rings (SSSR count). The van der Waals surface area contributed by atoms with Gasteiger partial charge in [0.25, 0.3) is 0 Å². The van der Waals surface area contributed by atoms with Crippen LogP contribution in [0.5, 0.6) is 0 Å². The Labute approximate surface area is 202 Å². The van der Waals surface area contributed by atoms with Gasteiger partial charge in [-0.05, 0) is 47.0 Å². The fourth-order valence-corrected chi connectivity index (χ4v) is 3.75. The van der Waals surface area contributed by atoms with Crippen molar-refractivity contribution in [2.75, 3.05) is 25.0 Å². The first-order valence-corrected chi connectivity index (χ1v) is 11.2. The van der Waals surface area contributed by atoms with Crippen molar-refractivity contribution in [3.8, 4) is 0 Å². The molecule has 3 N–H and O–H groups in total. The van der Waals surface area contributed by atoms with Crippen molar-refractivity contribution in [2.45, 2.75) is 26.3 Å².